The molecule has 2 unspecified atom stereocenters. The van der Waals surface area contributed by atoms with Crippen LogP contribution in [0.5, 0.6) is 0 Å². The van der Waals surface area contributed by atoms with Crippen molar-refractivity contribution in [2.45, 2.75) is 25.8 Å². The average Bonchev–Trinajstić information content (AvgIpc) is 2.75. The van der Waals surface area contributed by atoms with E-state index in [0.717, 1.165) is 25.9 Å². The minimum Gasteiger partial charge on any atom is -0.356 e. The molecule has 1 amide bonds. The summed E-state index contributed by atoms with van der Waals surface area (Å²) in [6.45, 7) is 3.55. The first kappa shape index (κ1) is 12.5. The molecular formula is C12H18ClN3O. The smallest absolute Gasteiger partial charge is 0.270 e. The Labute approximate surface area is 106 Å². The topological polar surface area (TPSA) is 62.1 Å². The molecule has 3 N–H and O–H groups in total. The maximum atomic E-state index is 12.2. The molecule has 0 saturated carbocycles. The van der Waals surface area contributed by atoms with Crippen molar-refractivity contribution >= 4 is 17.5 Å². The standard InChI is InChI=1S/C12H18ClN3O/c1-8(14)9-3-2-4-16(7-9)12(17)11-5-10(13)6-15-11/h5-6,8-9,15H,2-4,7,14H2,1H3. The van der Waals surface area contributed by atoms with Gasteiger partial charge in [0.05, 0.1) is 5.02 Å². The van der Waals surface area contributed by atoms with Crippen molar-refractivity contribution < 1.29 is 4.79 Å². The predicted octanol–water partition coefficient (Wildman–Crippen LogP) is 1.87. The number of hydrogen-bond donors (Lipinski definition) is 2. The van der Waals surface area contributed by atoms with Crippen LogP contribution in [0.25, 0.3) is 0 Å². The van der Waals surface area contributed by atoms with Crippen LogP contribution in [0.4, 0.5) is 0 Å². The Morgan fingerprint density at radius 1 is 1.71 bits per heavy atom. The van der Waals surface area contributed by atoms with E-state index in [0.29, 0.717) is 16.6 Å². The number of nitrogens with zero attached hydrogens (tertiary/aromatic N) is 1. The number of H-pyrrole nitrogens is 1. The molecule has 1 saturated heterocycles. The molecule has 2 atom stereocenters. The van der Waals surface area contributed by atoms with Crippen molar-refractivity contribution in [1.29, 1.82) is 0 Å². The number of aromatic nitrogens is 1. The summed E-state index contributed by atoms with van der Waals surface area (Å²) in [6.07, 6.45) is 3.75. The Morgan fingerprint density at radius 2 is 2.47 bits per heavy atom. The van der Waals surface area contributed by atoms with E-state index >= 15 is 0 Å². The largest absolute Gasteiger partial charge is 0.356 e. The number of amides is 1. The van der Waals surface area contributed by atoms with E-state index < -0.39 is 0 Å². The van der Waals surface area contributed by atoms with Gasteiger partial charge in [0, 0.05) is 25.3 Å². The Kier molecular flexibility index (Phi) is 3.74. The molecule has 0 aromatic carbocycles. The molecule has 1 fully saturated rings. The fourth-order valence-corrected chi connectivity index (χ4v) is 2.45. The zero-order valence-corrected chi connectivity index (χ0v) is 10.7. The lowest BCUT2D eigenvalue weighted by atomic mass is 9.92. The third kappa shape index (κ3) is 2.82. The van der Waals surface area contributed by atoms with Gasteiger partial charge >= 0.3 is 0 Å². The molecular weight excluding hydrogens is 238 g/mol. The maximum Gasteiger partial charge on any atom is 0.270 e. The van der Waals surface area contributed by atoms with Gasteiger partial charge < -0.3 is 15.6 Å². The molecule has 1 aromatic rings. The number of halogens is 1. The van der Waals surface area contributed by atoms with Crippen LogP contribution in [0.3, 0.4) is 0 Å². The van der Waals surface area contributed by atoms with E-state index in [1.165, 1.54) is 0 Å². The summed E-state index contributed by atoms with van der Waals surface area (Å²) in [6, 6.07) is 1.80. The zero-order valence-electron chi connectivity index (χ0n) is 9.95. The van der Waals surface area contributed by atoms with Crippen molar-refractivity contribution in [3.63, 3.8) is 0 Å². The maximum absolute atomic E-state index is 12.2. The van der Waals surface area contributed by atoms with Crippen molar-refractivity contribution in [2.75, 3.05) is 13.1 Å². The highest BCUT2D eigenvalue weighted by atomic mass is 35.5. The molecule has 17 heavy (non-hydrogen) atoms. The monoisotopic (exact) mass is 255 g/mol. The highest BCUT2D eigenvalue weighted by molar-refractivity contribution is 6.30. The number of hydrogen-bond acceptors (Lipinski definition) is 2. The Morgan fingerprint density at radius 3 is 3.06 bits per heavy atom. The SMILES string of the molecule is CC(N)C1CCCN(C(=O)c2cc(Cl)c[nH]2)C1. The van der Waals surface area contributed by atoms with Crippen LogP contribution in [0, 0.1) is 5.92 Å². The second-order valence-electron chi connectivity index (χ2n) is 4.74. The highest BCUT2D eigenvalue weighted by Crippen LogP contribution is 2.21. The van der Waals surface area contributed by atoms with Crippen molar-refractivity contribution in [1.82, 2.24) is 9.88 Å². The fourth-order valence-electron chi connectivity index (χ4n) is 2.29. The van der Waals surface area contributed by atoms with E-state index in [-0.39, 0.29) is 11.9 Å². The summed E-state index contributed by atoms with van der Waals surface area (Å²) >= 11 is 5.80. The molecule has 5 heteroatoms. The summed E-state index contributed by atoms with van der Waals surface area (Å²) in [5.41, 5.74) is 6.46. The molecule has 1 aliphatic heterocycles. The number of piperidine rings is 1. The van der Waals surface area contributed by atoms with Crippen molar-refractivity contribution in [2.24, 2.45) is 11.7 Å². The molecule has 1 aliphatic rings. The second-order valence-corrected chi connectivity index (χ2v) is 5.18. The average molecular weight is 256 g/mol. The van der Waals surface area contributed by atoms with Gasteiger partial charge in [0.15, 0.2) is 0 Å². The van der Waals surface area contributed by atoms with Gasteiger partial charge in [-0.25, -0.2) is 0 Å². The van der Waals surface area contributed by atoms with Gasteiger partial charge in [-0.15, -0.1) is 0 Å². The minimum atomic E-state index is 0.0160. The van der Waals surface area contributed by atoms with Gasteiger partial charge in [-0.05, 0) is 31.7 Å². The van der Waals surface area contributed by atoms with Crippen LogP contribution in [0.2, 0.25) is 5.02 Å². The van der Waals surface area contributed by atoms with Crippen LogP contribution in [-0.4, -0.2) is 34.9 Å². The first-order chi connectivity index (χ1) is 8.08. The number of aromatic amines is 1. The van der Waals surface area contributed by atoms with Crippen molar-refractivity contribution in [3.8, 4) is 0 Å². The van der Waals surface area contributed by atoms with Crippen LogP contribution < -0.4 is 5.73 Å². The lowest BCUT2D eigenvalue weighted by molar-refractivity contribution is 0.0655. The van der Waals surface area contributed by atoms with E-state index in [4.69, 9.17) is 17.3 Å². The van der Waals surface area contributed by atoms with Gasteiger partial charge in [-0.3, -0.25) is 4.79 Å². The zero-order chi connectivity index (χ0) is 12.4. The first-order valence-corrected chi connectivity index (χ1v) is 6.34. The predicted molar refractivity (Wildman–Crippen MR) is 68.1 cm³/mol. The molecule has 1 aromatic heterocycles. The normalized spacial score (nSPS) is 22.5. The first-order valence-electron chi connectivity index (χ1n) is 5.96. The molecule has 94 valence electrons. The number of nitrogens with one attached hydrogen (secondary N) is 1. The summed E-state index contributed by atoms with van der Waals surface area (Å²) in [7, 11) is 0. The number of carbonyl (C=O) groups is 1. The highest BCUT2D eigenvalue weighted by Gasteiger charge is 2.26. The summed E-state index contributed by atoms with van der Waals surface area (Å²) < 4.78 is 0. The summed E-state index contributed by atoms with van der Waals surface area (Å²) in [5.74, 6) is 0.417. The van der Waals surface area contributed by atoms with Crippen LogP contribution in [-0.2, 0) is 0 Å². The molecule has 4 nitrogen and oxygen atoms in total. The van der Waals surface area contributed by atoms with Gasteiger partial charge in [0.1, 0.15) is 5.69 Å². The summed E-state index contributed by atoms with van der Waals surface area (Å²) in [5, 5.41) is 0.564. The van der Waals surface area contributed by atoms with E-state index in [9.17, 15) is 4.79 Å². The lowest BCUT2D eigenvalue weighted by Gasteiger charge is -2.34. The van der Waals surface area contributed by atoms with Gasteiger partial charge in [-0.1, -0.05) is 11.6 Å². The van der Waals surface area contributed by atoms with Crippen LogP contribution in [0.15, 0.2) is 12.3 Å². The Bertz CT molecular complexity index is 402. The molecule has 2 heterocycles. The number of rotatable bonds is 2. The molecule has 0 radical (unpaired) electrons. The van der Waals surface area contributed by atoms with E-state index in [1.807, 2.05) is 11.8 Å². The minimum absolute atomic E-state index is 0.0160. The van der Waals surface area contributed by atoms with E-state index in [1.54, 1.807) is 12.3 Å². The molecule has 2 rings (SSSR count). The lowest BCUT2D eigenvalue weighted by Crippen LogP contribution is -2.45. The second kappa shape index (κ2) is 5.10. The van der Waals surface area contributed by atoms with Crippen molar-refractivity contribution in [3.05, 3.63) is 23.0 Å². The quantitative estimate of drug-likeness (QED) is 0.848. The van der Waals surface area contributed by atoms with Gasteiger partial charge in [0.2, 0.25) is 0 Å². The van der Waals surface area contributed by atoms with Gasteiger partial charge in [-0.2, -0.15) is 0 Å². The third-order valence-corrected chi connectivity index (χ3v) is 3.59. The van der Waals surface area contributed by atoms with E-state index in [2.05, 4.69) is 4.98 Å². The molecule has 0 aliphatic carbocycles. The number of nitrogens with two attached hydrogens (primary N) is 1. The fraction of sp³-hybridized carbons (Fsp3) is 0.583. The van der Waals surface area contributed by atoms with Crippen LogP contribution >= 0.6 is 11.6 Å². The van der Waals surface area contributed by atoms with Gasteiger partial charge in [0.25, 0.3) is 5.91 Å². The van der Waals surface area contributed by atoms with Crippen LogP contribution in [0.1, 0.15) is 30.3 Å². The Balaban J connectivity index is 2.04. The third-order valence-electron chi connectivity index (χ3n) is 3.37. The number of likely N-dealkylation sites (tertiary alicyclic amines) is 1. The number of carbonyl (C=O) groups excluding carboxylic acids is 1. The molecule has 0 bridgehead atoms. The Hall–Kier alpha value is -1.00. The molecule has 0 spiro atoms. The summed E-state index contributed by atoms with van der Waals surface area (Å²) in [4.78, 5) is 16.9.